The summed E-state index contributed by atoms with van der Waals surface area (Å²) in [5.41, 5.74) is 7.82. The Balaban J connectivity index is 1.48. The van der Waals surface area contributed by atoms with Gasteiger partial charge in [0, 0.05) is 32.2 Å². The second kappa shape index (κ2) is 17.4. The van der Waals surface area contributed by atoms with Crippen molar-refractivity contribution in [2.75, 3.05) is 31.4 Å². The van der Waals surface area contributed by atoms with E-state index in [1.807, 2.05) is 6.07 Å². The number of hydroxylamine groups is 1. The number of urea groups is 1. The fourth-order valence-electron chi connectivity index (χ4n) is 3.93. The number of aliphatic hydroxyl groups is 2. The van der Waals surface area contributed by atoms with E-state index in [1.165, 1.54) is 13.0 Å². The molecule has 0 spiro atoms. The Morgan fingerprint density at radius 2 is 1.76 bits per heavy atom. The molecule has 2 aromatic carbocycles. The average Bonchev–Trinajstić information content (AvgIpc) is 2.90. The number of rotatable bonds is 17. The monoisotopic (exact) mass is 531 g/mol. The van der Waals surface area contributed by atoms with Gasteiger partial charge in [-0.15, -0.1) is 5.06 Å². The minimum Gasteiger partial charge on any atom is -0.508 e. The van der Waals surface area contributed by atoms with Gasteiger partial charge in [0.05, 0.1) is 18.4 Å². The van der Waals surface area contributed by atoms with Crippen LogP contribution >= 0.6 is 0 Å². The van der Waals surface area contributed by atoms with E-state index in [-0.39, 0.29) is 12.4 Å². The third kappa shape index (κ3) is 11.5. The molecule has 10 heteroatoms. The van der Waals surface area contributed by atoms with Gasteiger partial charge in [-0.25, -0.2) is 9.59 Å². The Bertz CT molecular complexity index is 1000. The first-order chi connectivity index (χ1) is 18.3. The molecule has 0 fully saturated rings. The topological polar surface area (TPSA) is 155 Å². The highest BCUT2D eigenvalue weighted by Gasteiger charge is 2.16. The lowest BCUT2D eigenvalue weighted by atomic mass is 10.1. The maximum absolute atomic E-state index is 11.6. The normalized spacial score (nSPS) is 11.8. The number of nitrogens with one attached hydrogen (secondary N) is 1. The molecule has 2 aromatic rings. The maximum Gasteiger partial charge on any atom is 0.352 e. The van der Waals surface area contributed by atoms with Crippen LogP contribution in [0.3, 0.4) is 0 Å². The first kappa shape index (κ1) is 31.0. The van der Waals surface area contributed by atoms with Crippen molar-refractivity contribution in [3.05, 3.63) is 59.2 Å². The van der Waals surface area contributed by atoms with E-state index in [9.17, 15) is 24.9 Å². The van der Waals surface area contributed by atoms with Crippen molar-refractivity contribution in [3.8, 4) is 5.75 Å². The number of amides is 2. The fourth-order valence-corrected chi connectivity index (χ4v) is 3.93. The van der Waals surface area contributed by atoms with Gasteiger partial charge in [0.1, 0.15) is 5.75 Å². The number of hydrogen-bond donors (Lipinski definition) is 5. The molecule has 10 nitrogen and oxygen atoms in total. The molecule has 0 radical (unpaired) electrons. The minimum atomic E-state index is -0.854. The molecule has 210 valence electrons. The van der Waals surface area contributed by atoms with E-state index >= 15 is 0 Å². The number of hydrogen-bond acceptors (Lipinski definition) is 8. The summed E-state index contributed by atoms with van der Waals surface area (Å²) in [6, 6.07) is 11.1. The van der Waals surface area contributed by atoms with E-state index < -0.39 is 18.1 Å². The van der Waals surface area contributed by atoms with Crippen molar-refractivity contribution in [2.45, 2.75) is 64.6 Å². The first-order valence-corrected chi connectivity index (χ1v) is 13.1. The molecule has 1 atom stereocenters. The number of primary amides is 1. The van der Waals surface area contributed by atoms with Crippen molar-refractivity contribution in [3.63, 3.8) is 0 Å². The van der Waals surface area contributed by atoms with Crippen molar-refractivity contribution in [2.24, 2.45) is 5.73 Å². The minimum absolute atomic E-state index is 0.0259. The molecule has 0 bridgehead atoms. The molecule has 0 aliphatic carbocycles. The number of aliphatic hydroxyl groups excluding tert-OH is 2. The predicted octanol–water partition coefficient (Wildman–Crippen LogP) is 3.47. The summed E-state index contributed by atoms with van der Waals surface area (Å²) in [6.45, 7) is 3.59. The quantitative estimate of drug-likeness (QED) is 0.154. The highest BCUT2D eigenvalue weighted by atomic mass is 16.7. The van der Waals surface area contributed by atoms with E-state index in [4.69, 9.17) is 15.3 Å². The van der Waals surface area contributed by atoms with Gasteiger partial charge in [0.15, 0.2) is 0 Å². The van der Waals surface area contributed by atoms with Crippen LogP contribution in [0.5, 0.6) is 5.75 Å². The van der Waals surface area contributed by atoms with Crippen molar-refractivity contribution >= 4 is 17.7 Å². The number of anilines is 1. The molecule has 2 amide bonds. The van der Waals surface area contributed by atoms with E-state index in [0.717, 1.165) is 75.3 Å². The van der Waals surface area contributed by atoms with E-state index in [0.29, 0.717) is 23.4 Å². The number of phenols is 1. The number of ether oxygens (including phenoxy) is 1. The lowest BCUT2D eigenvalue weighted by Crippen LogP contribution is -2.37. The first-order valence-electron chi connectivity index (χ1n) is 13.1. The summed E-state index contributed by atoms with van der Waals surface area (Å²) in [5, 5.41) is 33.1. The summed E-state index contributed by atoms with van der Waals surface area (Å²) in [7, 11) is 0. The number of carbonyl (C=O) groups is 2. The summed E-state index contributed by atoms with van der Waals surface area (Å²) in [5.74, 6) is -0.593. The molecule has 38 heavy (non-hydrogen) atoms. The van der Waals surface area contributed by atoms with Crippen molar-refractivity contribution in [1.29, 1.82) is 0 Å². The lowest BCUT2D eigenvalue weighted by molar-refractivity contribution is -0.141. The zero-order valence-corrected chi connectivity index (χ0v) is 22.1. The molecule has 0 aromatic heterocycles. The van der Waals surface area contributed by atoms with Crippen LogP contribution in [0.15, 0.2) is 42.5 Å². The van der Waals surface area contributed by atoms with Gasteiger partial charge < -0.3 is 35.9 Å². The van der Waals surface area contributed by atoms with Gasteiger partial charge in [-0.3, -0.25) is 0 Å². The third-order valence-electron chi connectivity index (χ3n) is 5.96. The number of aryl methyl sites for hydroxylation is 1. The zero-order valence-electron chi connectivity index (χ0n) is 22.1. The van der Waals surface area contributed by atoms with Gasteiger partial charge in [-0.05, 0) is 80.5 Å². The smallest absolute Gasteiger partial charge is 0.352 e. The second-order valence-corrected chi connectivity index (χ2v) is 9.14. The Morgan fingerprint density at radius 1 is 1.03 bits per heavy atom. The molecule has 0 aliphatic heterocycles. The molecular formula is C28H41N3O7. The maximum atomic E-state index is 11.6. The number of carbonyl (C=O) groups excluding carboxylic acids is 2. The summed E-state index contributed by atoms with van der Waals surface area (Å²) < 4.78 is 5.73. The molecule has 6 N–H and O–H groups in total. The summed E-state index contributed by atoms with van der Waals surface area (Å²) in [4.78, 5) is 27.6. The van der Waals surface area contributed by atoms with Gasteiger partial charge in [-0.2, -0.15) is 0 Å². The molecule has 0 heterocycles. The number of nitrogens with two attached hydrogens (primary N) is 1. The highest BCUT2D eigenvalue weighted by molar-refractivity contribution is 5.90. The van der Waals surface area contributed by atoms with Crippen LogP contribution in [0.2, 0.25) is 0 Å². The molecule has 2 rings (SSSR count). The lowest BCUT2D eigenvalue weighted by Gasteiger charge is -2.18. The number of nitrogens with zero attached hydrogens (tertiary/aromatic N) is 1. The standard InChI is InChI=1S/C28H41N3O7/c1-21(33)38-31(28(29)36)25-11-8-10-22(17-25)9-4-2-6-15-37-16-7-3-5-14-30-19-27(35)23-12-13-26(34)24(18-23)20-32/h8,10-13,17-18,27,30,32,34-35H,2-7,9,14-16,19-20H2,1H3,(H2,29,36)/t27-/m0/s1. The SMILES string of the molecule is CC(=O)ON(C(N)=O)c1cccc(CCCCCOCCCCCNC[C@H](O)c2ccc(O)c(CO)c2)c1. The number of benzene rings is 2. The number of unbranched alkanes of at least 4 members (excludes halogenated alkanes) is 4. The molecule has 0 saturated heterocycles. The Morgan fingerprint density at radius 3 is 2.45 bits per heavy atom. The fraction of sp³-hybridized carbons (Fsp3) is 0.500. The summed E-state index contributed by atoms with van der Waals surface area (Å²) >= 11 is 0. The molecular weight excluding hydrogens is 490 g/mol. The van der Waals surface area contributed by atoms with Crippen molar-refractivity contribution < 1.29 is 34.5 Å². The molecule has 0 unspecified atom stereocenters. The highest BCUT2D eigenvalue weighted by Crippen LogP contribution is 2.22. The Labute approximate surface area is 224 Å². The third-order valence-corrected chi connectivity index (χ3v) is 5.96. The van der Waals surface area contributed by atoms with Crippen LogP contribution in [0.25, 0.3) is 0 Å². The van der Waals surface area contributed by atoms with Crippen LogP contribution in [0.1, 0.15) is 68.2 Å². The van der Waals surface area contributed by atoms with E-state index in [2.05, 4.69) is 5.32 Å². The molecule has 0 aliphatic rings. The van der Waals surface area contributed by atoms with Crippen LogP contribution in [0.4, 0.5) is 10.5 Å². The van der Waals surface area contributed by atoms with Gasteiger partial charge >= 0.3 is 12.0 Å². The van der Waals surface area contributed by atoms with Gasteiger partial charge in [0.2, 0.25) is 0 Å². The number of aromatic hydroxyl groups is 1. The van der Waals surface area contributed by atoms with Crippen LogP contribution in [-0.4, -0.2) is 53.6 Å². The van der Waals surface area contributed by atoms with Crippen LogP contribution in [-0.2, 0) is 27.4 Å². The van der Waals surface area contributed by atoms with Crippen LogP contribution < -0.4 is 16.1 Å². The zero-order chi connectivity index (χ0) is 27.8. The van der Waals surface area contributed by atoms with Crippen LogP contribution in [0, 0.1) is 0 Å². The predicted molar refractivity (Wildman–Crippen MR) is 144 cm³/mol. The Hall–Kier alpha value is -3.18. The second-order valence-electron chi connectivity index (χ2n) is 9.14. The molecule has 0 saturated carbocycles. The summed E-state index contributed by atoms with van der Waals surface area (Å²) in [6.07, 6.45) is 6.08. The van der Waals surface area contributed by atoms with E-state index in [1.54, 1.807) is 30.3 Å². The van der Waals surface area contributed by atoms with Gasteiger partial charge in [0.25, 0.3) is 0 Å². The van der Waals surface area contributed by atoms with Gasteiger partial charge in [-0.1, -0.05) is 24.6 Å². The largest absolute Gasteiger partial charge is 0.508 e. The Kier molecular flexibility index (Phi) is 14.2. The average molecular weight is 532 g/mol. The van der Waals surface area contributed by atoms with Crippen molar-refractivity contribution in [1.82, 2.24) is 5.32 Å².